The lowest BCUT2D eigenvalue weighted by Crippen LogP contribution is -2.21. The van der Waals surface area contributed by atoms with Gasteiger partial charge in [0.2, 0.25) is 0 Å². The molecule has 2 N–H and O–H groups in total. The van der Waals surface area contributed by atoms with Gasteiger partial charge in [-0.15, -0.1) is 11.3 Å². The number of rotatable bonds is 4. The maximum absolute atomic E-state index is 11.6. The number of furan rings is 1. The van der Waals surface area contributed by atoms with Crippen molar-refractivity contribution in [3.63, 3.8) is 0 Å². The third-order valence-corrected chi connectivity index (χ3v) is 3.05. The number of nitrogens with one attached hydrogen (secondary N) is 1. The molecule has 0 fully saturated rings. The lowest BCUT2D eigenvalue weighted by atomic mass is 10.2. The van der Waals surface area contributed by atoms with E-state index in [-0.39, 0.29) is 18.0 Å². The van der Waals surface area contributed by atoms with E-state index in [1.807, 2.05) is 0 Å². The van der Waals surface area contributed by atoms with Gasteiger partial charge in [-0.3, -0.25) is 9.78 Å². The molecule has 0 aliphatic heterocycles. The molecular weight excluding hydrogens is 256 g/mol. The molecular formula is C11H10N2O4S. The zero-order valence-electron chi connectivity index (χ0n) is 9.47. The van der Waals surface area contributed by atoms with E-state index in [2.05, 4.69) is 10.3 Å². The van der Waals surface area contributed by atoms with Crippen LogP contribution in [-0.4, -0.2) is 22.0 Å². The Morgan fingerprint density at radius 2 is 2.33 bits per heavy atom. The molecule has 7 heteroatoms. The first kappa shape index (κ1) is 12.3. The number of aromatic nitrogens is 1. The zero-order chi connectivity index (χ0) is 13.1. The molecule has 0 unspecified atom stereocenters. The molecule has 0 atom stereocenters. The average Bonchev–Trinajstić information content (AvgIpc) is 2.94. The van der Waals surface area contributed by atoms with Crippen LogP contribution < -0.4 is 5.32 Å². The van der Waals surface area contributed by atoms with Gasteiger partial charge in [-0.1, -0.05) is 0 Å². The molecule has 2 aromatic rings. The average molecular weight is 266 g/mol. The molecule has 0 saturated heterocycles. The summed E-state index contributed by atoms with van der Waals surface area (Å²) in [6.07, 6.45) is 1.47. The number of thiazole rings is 1. The van der Waals surface area contributed by atoms with E-state index >= 15 is 0 Å². The molecule has 0 spiro atoms. The Hall–Kier alpha value is -2.15. The number of aryl methyl sites for hydroxylation is 1. The van der Waals surface area contributed by atoms with Gasteiger partial charge in [0.05, 0.1) is 18.3 Å². The van der Waals surface area contributed by atoms with Gasteiger partial charge < -0.3 is 14.8 Å². The first-order chi connectivity index (χ1) is 8.58. The molecule has 2 aromatic heterocycles. The maximum Gasteiger partial charge on any atom is 0.339 e. The number of hydrogen-bond acceptors (Lipinski definition) is 5. The van der Waals surface area contributed by atoms with Crippen LogP contribution in [-0.2, 0) is 6.54 Å². The highest BCUT2D eigenvalue weighted by Crippen LogP contribution is 2.14. The summed E-state index contributed by atoms with van der Waals surface area (Å²) in [4.78, 5) is 26.7. The van der Waals surface area contributed by atoms with Crippen molar-refractivity contribution in [2.24, 2.45) is 0 Å². The second-order valence-corrected chi connectivity index (χ2v) is 4.42. The molecule has 2 heterocycles. The second kappa shape index (κ2) is 5.01. The Morgan fingerprint density at radius 1 is 1.56 bits per heavy atom. The van der Waals surface area contributed by atoms with Crippen molar-refractivity contribution in [2.75, 3.05) is 0 Å². The van der Waals surface area contributed by atoms with Crippen molar-refractivity contribution >= 4 is 23.2 Å². The molecule has 94 valence electrons. The Labute approximate surface area is 106 Å². The van der Waals surface area contributed by atoms with Crippen LogP contribution in [0.25, 0.3) is 0 Å². The summed E-state index contributed by atoms with van der Waals surface area (Å²) in [5.41, 5.74) is 1.67. The molecule has 0 aliphatic rings. The van der Waals surface area contributed by atoms with Crippen LogP contribution in [0, 0.1) is 6.92 Å². The van der Waals surface area contributed by atoms with Gasteiger partial charge in [-0.2, -0.15) is 0 Å². The van der Waals surface area contributed by atoms with Crippen molar-refractivity contribution in [1.82, 2.24) is 10.3 Å². The van der Waals surface area contributed by atoms with E-state index in [1.54, 1.807) is 12.4 Å². The van der Waals surface area contributed by atoms with Crippen molar-refractivity contribution < 1.29 is 19.1 Å². The molecule has 0 bridgehead atoms. The molecule has 1 amide bonds. The minimum Gasteiger partial charge on any atom is -0.478 e. The summed E-state index contributed by atoms with van der Waals surface area (Å²) < 4.78 is 5.24. The molecule has 18 heavy (non-hydrogen) atoms. The Bertz CT molecular complexity index is 574. The Balaban J connectivity index is 2.01. The van der Waals surface area contributed by atoms with Crippen LogP contribution in [0.15, 0.2) is 22.2 Å². The first-order valence-corrected chi connectivity index (χ1v) is 5.95. The van der Waals surface area contributed by atoms with Crippen LogP contribution in [0.5, 0.6) is 0 Å². The topological polar surface area (TPSA) is 92.4 Å². The van der Waals surface area contributed by atoms with Crippen molar-refractivity contribution in [1.29, 1.82) is 0 Å². The van der Waals surface area contributed by atoms with Gasteiger partial charge in [0.15, 0.2) is 0 Å². The predicted octanol–water partition coefficient (Wildman–Crippen LogP) is 1.67. The summed E-state index contributed by atoms with van der Waals surface area (Å²) in [5.74, 6) is -0.577. The fourth-order valence-electron chi connectivity index (χ4n) is 1.43. The number of carbonyl (C=O) groups is 2. The van der Waals surface area contributed by atoms with Crippen LogP contribution >= 0.6 is 11.3 Å². The Kier molecular flexibility index (Phi) is 3.42. The Morgan fingerprint density at radius 3 is 2.89 bits per heavy atom. The van der Waals surface area contributed by atoms with E-state index in [9.17, 15) is 9.59 Å². The number of nitrogens with zero attached hydrogens (tertiary/aromatic N) is 1. The van der Waals surface area contributed by atoms with Crippen LogP contribution in [0.3, 0.4) is 0 Å². The van der Waals surface area contributed by atoms with Crippen LogP contribution in [0.4, 0.5) is 0 Å². The number of carbonyl (C=O) groups excluding carboxylic acids is 1. The highest BCUT2D eigenvalue weighted by atomic mass is 32.1. The summed E-state index contributed by atoms with van der Waals surface area (Å²) >= 11 is 1.23. The summed E-state index contributed by atoms with van der Waals surface area (Å²) in [6, 6.07) is 1.41. The summed E-state index contributed by atoms with van der Waals surface area (Å²) in [5, 5.41) is 11.5. The number of aromatic carboxylic acids is 1. The van der Waals surface area contributed by atoms with Crippen molar-refractivity contribution in [2.45, 2.75) is 13.5 Å². The molecule has 0 radical (unpaired) electrons. The standard InChI is InChI=1S/C11H10N2O4S/c1-6-8(11(15)16)2-7(17-6)3-13-10(14)9-4-12-5-18-9/h2,4-5H,3H2,1H3,(H,13,14)(H,15,16). The number of carboxylic acids is 1. The third kappa shape index (κ3) is 2.57. The summed E-state index contributed by atoms with van der Waals surface area (Å²) in [6.45, 7) is 1.71. The van der Waals surface area contributed by atoms with E-state index in [0.717, 1.165) is 0 Å². The van der Waals surface area contributed by atoms with E-state index < -0.39 is 5.97 Å². The number of carboxylic acid groups (broad SMARTS) is 1. The maximum atomic E-state index is 11.6. The van der Waals surface area contributed by atoms with E-state index in [0.29, 0.717) is 16.4 Å². The minimum atomic E-state index is -1.05. The number of amides is 1. The molecule has 2 rings (SSSR count). The zero-order valence-corrected chi connectivity index (χ0v) is 10.3. The largest absolute Gasteiger partial charge is 0.478 e. The monoisotopic (exact) mass is 266 g/mol. The summed E-state index contributed by atoms with van der Waals surface area (Å²) in [7, 11) is 0. The van der Waals surface area contributed by atoms with Gasteiger partial charge >= 0.3 is 5.97 Å². The third-order valence-electron chi connectivity index (χ3n) is 2.28. The predicted molar refractivity (Wildman–Crippen MR) is 63.7 cm³/mol. The highest BCUT2D eigenvalue weighted by Gasteiger charge is 2.14. The normalized spacial score (nSPS) is 10.3. The quantitative estimate of drug-likeness (QED) is 0.878. The molecule has 0 aromatic carbocycles. The van der Waals surface area contributed by atoms with E-state index in [4.69, 9.17) is 9.52 Å². The van der Waals surface area contributed by atoms with Gasteiger partial charge in [-0.05, 0) is 13.0 Å². The minimum absolute atomic E-state index is 0.108. The van der Waals surface area contributed by atoms with Gasteiger partial charge in [0.25, 0.3) is 5.91 Å². The molecule has 6 nitrogen and oxygen atoms in total. The van der Waals surface area contributed by atoms with Crippen LogP contribution in [0.2, 0.25) is 0 Å². The second-order valence-electron chi connectivity index (χ2n) is 3.54. The smallest absolute Gasteiger partial charge is 0.339 e. The fourth-order valence-corrected chi connectivity index (χ4v) is 1.96. The van der Waals surface area contributed by atoms with Crippen molar-refractivity contribution in [3.8, 4) is 0 Å². The number of hydrogen-bond donors (Lipinski definition) is 2. The SMILES string of the molecule is Cc1oc(CNC(=O)c2cncs2)cc1C(=O)O. The molecule has 0 aliphatic carbocycles. The van der Waals surface area contributed by atoms with E-state index in [1.165, 1.54) is 23.6 Å². The van der Waals surface area contributed by atoms with Crippen LogP contribution in [0.1, 0.15) is 31.6 Å². The van der Waals surface area contributed by atoms with Crippen molar-refractivity contribution in [3.05, 3.63) is 39.7 Å². The first-order valence-electron chi connectivity index (χ1n) is 5.07. The van der Waals surface area contributed by atoms with Gasteiger partial charge in [-0.25, -0.2) is 4.79 Å². The lowest BCUT2D eigenvalue weighted by molar-refractivity contribution is 0.0694. The molecule has 0 saturated carbocycles. The fraction of sp³-hybridized carbons (Fsp3) is 0.182. The van der Waals surface area contributed by atoms with Gasteiger partial charge in [0, 0.05) is 0 Å². The lowest BCUT2D eigenvalue weighted by Gasteiger charge is -1.99. The van der Waals surface area contributed by atoms with Gasteiger partial charge in [0.1, 0.15) is 22.0 Å². The highest BCUT2D eigenvalue weighted by molar-refractivity contribution is 7.11.